The van der Waals surface area contributed by atoms with E-state index in [0.717, 1.165) is 20.8 Å². The zero-order chi connectivity index (χ0) is 25.4. The smallest absolute Gasteiger partial charge is 0.258 e. The lowest BCUT2D eigenvalue weighted by molar-refractivity contribution is 0.0979. The normalized spacial score (nSPS) is 11.0. The lowest BCUT2D eigenvalue weighted by Crippen LogP contribution is -2.34. The van der Waals surface area contributed by atoms with Gasteiger partial charge in [0.2, 0.25) is 0 Å². The fraction of sp³-hybridized carbons (Fsp3) is 0.0769. The largest absolute Gasteiger partial charge is 0.495 e. The highest BCUT2D eigenvalue weighted by molar-refractivity contribution is 9.10. The lowest BCUT2D eigenvalue weighted by Gasteiger charge is -2.13. The number of amides is 1. The number of hydrogen-bond acceptors (Lipinski definition) is 5. The molecule has 0 saturated heterocycles. The number of halogens is 2. The van der Waals surface area contributed by atoms with Gasteiger partial charge in [-0.3, -0.25) is 10.1 Å². The van der Waals surface area contributed by atoms with Crippen molar-refractivity contribution >= 4 is 78.3 Å². The Bertz CT molecular complexity index is 1670. The van der Waals surface area contributed by atoms with E-state index >= 15 is 0 Å². The van der Waals surface area contributed by atoms with Crippen molar-refractivity contribution in [2.75, 3.05) is 12.4 Å². The van der Waals surface area contributed by atoms with Crippen LogP contribution in [0.1, 0.15) is 15.9 Å². The van der Waals surface area contributed by atoms with Crippen molar-refractivity contribution in [3.05, 3.63) is 87.4 Å². The summed E-state index contributed by atoms with van der Waals surface area (Å²) in [5.41, 5.74) is 4.21. The lowest BCUT2D eigenvalue weighted by atomic mass is 10.0. The highest BCUT2D eigenvalue weighted by Gasteiger charge is 2.15. The molecule has 5 aromatic rings. The van der Waals surface area contributed by atoms with E-state index in [2.05, 4.69) is 36.8 Å². The molecule has 0 radical (unpaired) electrons. The Morgan fingerprint density at radius 3 is 2.50 bits per heavy atom. The average molecular weight is 581 g/mol. The first kappa shape index (κ1) is 24.2. The number of nitrogens with one attached hydrogen (secondary N) is 2. The number of methoxy groups -OCH3 is 1. The summed E-state index contributed by atoms with van der Waals surface area (Å²) in [5.74, 6) is 0.281. The van der Waals surface area contributed by atoms with Crippen LogP contribution in [0.5, 0.6) is 5.75 Å². The van der Waals surface area contributed by atoms with E-state index in [1.165, 1.54) is 4.80 Å². The maximum absolute atomic E-state index is 13.0. The third-order valence-electron chi connectivity index (χ3n) is 5.68. The predicted molar refractivity (Wildman–Crippen MR) is 150 cm³/mol. The van der Waals surface area contributed by atoms with Gasteiger partial charge in [0.15, 0.2) is 5.11 Å². The van der Waals surface area contributed by atoms with Gasteiger partial charge in [-0.1, -0.05) is 51.8 Å². The van der Waals surface area contributed by atoms with E-state index in [1.54, 1.807) is 25.3 Å². The maximum atomic E-state index is 13.0. The van der Waals surface area contributed by atoms with Gasteiger partial charge in [-0.05, 0) is 77.9 Å². The van der Waals surface area contributed by atoms with Crippen LogP contribution in [0.15, 0.2) is 71.2 Å². The van der Waals surface area contributed by atoms with Crippen molar-refractivity contribution in [3.8, 4) is 11.4 Å². The topological polar surface area (TPSA) is 81.1 Å². The molecule has 7 nitrogen and oxygen atoms in total. The van der Waals surface area contributed by atoms with E-state index < -0.39 is 0 Å². The van der Waals surface area contributed by atoms with Crippen LogP contribution in [-0.2, 0) is 0 Å². The van der Waals surface area contributed by atoms with Crippen molar-refractivity contribution in [1.29, 1.82) is 0 Å². The molecule has 0 aliphatic carbocycles. The van der Waals surface area contributed by atoms with Crippen LogP contribution in [0, 0.1) is 6.92 Å². The molecule has 180 valence electrons. The average Bonchev–Trinajstić information content (AvgIpc) is 3.26. The van der Waals surface area contributed by atoms with Gasteiger partial charge >= 0.3 is 0 Å². The quantitative estimate of drug-likeness (QED) is 0.238. The first-order valence-corrected chi connectivity index (χ1v) is 12.4. The van der Waals surface area contributed by atoms with Gasteiger partial charge in [0, 0.05) is 15.7 Å². The Kier molecular flexibility index (Phi) is 6.61. The maximum Gasteiger partial charge on any atom is 0.258 e. The van der Waals surface area contributed by atoms with Gasteiger partial charge in [-0.25, -0.2) is 0 Å². The Morgan fingerprint density at radius 1 is 1.03 bits per heavy atom. The van der Waals surface area contributed by atoms with Gasteiger partial charge in [0.1, 0.15) is 16.8 Å². The molecule has 0 atom stereocenters. The molecule has 0 aliphatic rings. The van der Waals surface area contributed by atoms with Crippen molar-refractivity contribution in [3.63, 3.8) is 0 Å². The highest BCUT2D eigenvalue weighted by atomic mass is 79.9. The van der Waals surface area contributed by atoms with E-state index in [1.807, 2.05) is 55.5 Å². The second-order valence-corrected chi connectivity index (χ2v) is 9.68. The monoisotopic (exact) mass is 579 g/mol. The van der Waals surface area contributed by atoms with Crippen LogP contribution in [-0.4, -0.2) is 33.1 Å². The molecule has 1 heterocycles. The molecule has 0 fully saturated rings. The molecule has 0 bridgehead atoms. The third-order valence-corrected chi connectivity index (χ3v) is 6.87. The Morgan fingerprint density at radius 2 is 1.75 bits per heavy atom. The summed E-state index contributed by atoms with van der Waals surface area (Å²) in [6.45, 7) is 1.93. The number of ether oxygens (including phenoxy) is 1. The molecule has 5 rings (SSSR count). The summed E-state index contributed by atoms with van der Waals surface area (Å²) in [6.07, 6.45) is 0. The van der Waals surface area contributed by atoms with E-state index in [9.17, 15) is 4.79 Å². The number of benzene rings is 4. The van der Waals surface area contributed by atoms with Crippen LogP contribution in [0.2, 0.25) is 5.02 Å². The van der Waals surface area contributed by atoms with Crippen molar-refractivity contribution in [2.45, 2.75) is 6.92 Å². The second-order valence-electron chi connectivity index (χ2n) is 8.01. The summed E-state index contributed by atoms with van der Waals surface area (Å²) in [6, 6.07) is 20.4. The van der Waals surface area contributed by atoms with Crippen molar-refractivity contribution in [1.82, 2.24) is 20.3 Å². The standard InChI is InChI=1S/C26H19BrClN5O2S/c1-14-11-22-23(32-33(31-22)15-9-10-24(35-2)20(28)12-15)13-21(14)29-26(36)30-25(34)18-7-3-6-17-16(18)5-4-8-19(17)27/h3-13H,1-2H3,(H2,29,30,34,36). The minimum Gasteiger partial charge on any atom is -0.495 e. The van der Waals surface area contributed by atoms with Gasteiger partial charge in [0.05, 0.1) is 17.8 Å². The Labute approximate surface area is 225 Å². The number of rotatable bonds is 4. The fourth-order valence-corrected chi connectivity index (χ4v) is 4.84. The van der Waals surface area contributed by atoms with Gasteiger partial charge < -0.3 is 10.1 Å². The molecule has 0 saturated carbocycles. The zero-order valence-electron chi connectivity index (χ0n) is 19.2. The SMILES string of the molecule is COc1ccc(-n2nc3cc(C)c(NC(=S)NC(=O)c4cccc5c(Br)cccc45)cc3n2)cc1Cl. The molecule has 1 aromatic heterocycles. The second kappa shape index (κ2) is 9.85. The molecule has 0 unspecified atom stereocenters. The molecule has 0 aliphatic heterocycles. The minimum absolute atomic E-state index is 0.184. The Hall–Kier alpha value is -3.53. The molecule has 0 spiro atoms. The van der Waals surface area contributed by atoms with Crippen LogP contribution >= 0.6 is 39.7 Å². The van der Waals surface area contributed by atoms with Gasteiger partial charge in [-0.15, -0.1) is 10.2 Å². The number of nitrogens with zero attached hydrogens (tertiary/aromatic N) is 3. The van der Waals surface area contributed by atoms with E-state index in [4.69, 9.17) is 28.6 Å². The number of carbonyl (C=O) groups excluding carboxylic acids is 1. The summed E-state index contributed by atoms with van der Waals surface area (Å²) in [5, 5.41) is 17.5. The zero-order valence-corrected chi connectivity index (χ0v) is 22.3. The molecule has 1 amide bonds. The van der Waals surface area contributed by atoms with Crippen LogP contribution < -0.4 is 15.4 Å². The molecular formula is C26H19BrClN5O2S. The fourth-order valence-electron chi connectivity index (χ4n) is 3.89. The van der Waals surface area contributed by atoms with Crippen LogP contribution in [0.4, 0.5) is 5.69 Å². The van der Waals surface area contributed by atoms with Crippen LogP contribution in [0.3, 0.4) is 0 Å². The number of thiocarbonyl (C=S) groups is 1. The molecular weight excluding hydrogens is 562 g/mol. The van der Waals surface area contributed by atoms with E-state index in [0.29, 0.717) is 38.7 Å². The number of aryl methyl sites for hydroxylation is 1. The number of carbonyl (C=O) groups is 1. The molecule has 4 aromatic carbocycles. The number of fused-ring (bicyclic) bond motifs is 2. The predicted octanol–water partition coefficient (Wildman–Crippen LogP) is 6.43. The summed E-state index contributed by atoms with van der Waals surface area (Å²) in [4.78, 5) is 14.5. The van der Waals surface area contributed by atoms with Gasteiger partial charge in [0.25, 0.3) is 5.91 Å². The first-order chi connectivity index (χ1) is 17.3. The van der Waals surface area contributed by atoms with Gasteiger partial charge in [-0.2, -0.15) is 4.80 Å². The first-order valence-electron chi connectivity index (χ1n) is 10.9. The molecule has 2 N–H and O–H groups in total. The summed E-state index contributed by atoms with van der Waals surface area (Å²) >= 11 is 15.2. The minimum atomic E-state index is -0.294. The molecule has 36 heavy (non-hydrogen) atoms. The number of aromatic nitrogens is 3. The third kappa shape index (κ3) is 4.65. The summed E-state index contributed by atoms with van der Waals surface area (Å²) < 4.78 is 6.13. The Balaban J connectivity index is 1.37. The van der Waals surface area contributed by atoms with Crippen molar-refractivity contribution < 1.29 is 9.53 Å². The summed E-state index contributed by atoms with van der Waals surface area (Å²) in [7, 11) is 1.56. The number of hydrogen-bond donors (Lipinski definition) is 2. The van der Waals surface area contributed by atoms with Crippen LogP contribution in [0.25, 0.3) is 27.5 Å². The molecule has 10 heteroatoms. The van der Waals surface area contributed by atoms with E-state index in [-0.39, 0.29) is 11.0 Å². The number of anilines is 1. The van der Waals surface area contributed by atoms with Crippen molar-refractivity contribution in [2.24, 2.45) is 0 Å². The highest BCUT2D eigenvalue weighted by Crippen LogP contribution is 2.28.